The maximum atomic E-state index is 12.1. The first-order valence-electron chi connectivity index (χ1n) is 6.37. The van der Waals surface area contributed by atoms with Crippen LogP contribution in [0.3, 0.4) is 0 Å². The Bertz CT molecular complexity index is 793. The van der Waals surface area contributed by atoms with Gasteiger partial charge in [0.05, 0.1) is 9.82 Å². The van der Waals surface area contributed by atoms with Crippen LogP contribution in [-0.4, -0.2) is 19.9 Å². The lowest BCUT2D eigenvalue weighted by Gasteiger charge is -2.07. The number of nitro groups is 1. The highest BCUT2D eigenvalue weighted by Gasteiger charge is 2.16. The predicted octanol–water partition coefficient (Wildman–Crippen LogP) is 2.77. The second kappa shape index (κ2) is 6.87. The third-order valence-electron chi connectivity index (χ3n) is 2.93. The van der Waals surface area contributed by atoms with Gasteiger partial charge in [-0.2, -0.15) is 0 Å². The molecule has 0 atom stereocenters. The Kier molecular flexibility index (Phi) is 5.12. The lowest BCUT2D eigenvalue weighted by molar-refractivity contribution is -0.385. The number of nitrogens with zero attached hydrogens (tertiary/aromatic N) is 1. The summed E-state index contributed by atoms with van der Waals surface area (Å²) in [5.74, 6) is 0. The minimum absolute atomic E-state index is 0.132. The Morgan fingerprint density at radius 1 is 1.14 bits per heavy atom. The molecule has 0 aliphatic rings. The number of halogens is 1. The standard InChI is InChI=1S/C14H13ClN2O4S/c15-12-4-1-3-11(9-12)7-8-16-22(20,21)14-6-2-5-13(10-14)17(18)19/h1-6,9-10,16H,7-8H2. The largest absolute Gasteiger partial charge is 0.270 e. The number of nitrogens with one attached hydrogen (secondary N) is 1. The fraction of sp³-hybridized carbons (Fsp3) is 0.143. The molecule has 0 saturated heterocycles. The van der Waals surface area contributed by atoms with Crippen LogP contribution >= 0.6 is 11.6 Å². The Labute approximate surface area is 132 Å². The van der Waals surface area contributed by atoms with Crippen molar-refractivity contribution >= 4 is 27.3 Å². The molecule has 0 aliphatic carbocycles. The van der Waals surface area contributed by atoms with Gasteiger partial charge in [0.1, 0.15) is 0 Å². The van der Waals surface area contributed by atoms with E-state index in [-0.39, 0.29) is 17.1 Å². The summed E-state index contributed by atoms with van der Waals surface area (Å²) < 4.78 is 26.6. The predicted molar refractivity (Wildman–Crippen MR) is 83.4 cm³/mol. The van der Waals surface area contributed by atoms with Crippen molar-refractivity contribution in [3.8, 4) is 0 Å². The Balaban J connectivity index is 2.05. The summed E-state index contributed by atoms with van der Waals surface area (Å²) >= 11 is 5.85. The van der Waals surface area contributed by atoms with E-state index in [0.717, 1.165) is 11.6 Å². The van der Waals surface area contributed by atoms with Gasteiger partial charge >= 0.3 is 0 Å². The van der Waals surface area contributed by atoms with Crippen LogP contribution in [0.4, 0.5) is 5.69 Å². The van der Waals surface area contributed by atoms with Gasteiger partial charge in [-0.1, -0.05) is 29.8 Å². The maximum absolute atomic E-state index is 12.1. The van der Waals surface area contributed by atoms with Gasteiger partial charge in [0.25, 0.3) is 5.69 Å². The van der Waals surface area contributed by atoms with Crippen LogP contribution in [0.2, 0.25) is 5.02 Å². The lowest BCUT2D eigenvalue weighted by Crippen LogP contribution is -2.26. The van der Waals surface area contributed by atoms with Crippen LogP contribution in [0, 0.1) is 10.1 Å². The smallest absolute Gasteiger partial charge is 0.258 e. The van der Waals surface area contributed by atoms with E-state index >= 15 is 0 Å². The number of benzene rings is 2. The molecule has 2 aromatic carbocycles. The van der Waals surface area contributed by atoms with Gasteiger partial charge < -0.3 is 0 Å². The zero-order chi connectivity index (χ0) is 16.2. The molecule has 1 N–H and O–H groups in total. The second-order valence-corrected chi connectivity index (χ2v) is 6.74. The van der Waals surface area contributed by atoms with Gasteiger partial charge in [0.15, 0.2) is 0 Å². The molecule has 0 fully saturated rings. The van der Waals surface area contributed by atoms with Gasteiger partial charge in [-0.05, 0) is 30.2 Å². The highest BCUT2D eigenvalue weighted by molar-refractivity contribution is 7.89. The van der Waals surface area contributed by atoms with Crippen molar-refractivity contribution in [2.75, 3.05) is 6.54 Å². The highest BCUT2D eigenvalue weighted by Crippen LogP contribution is 2.17. The van der Waals surface area contributed by atoms with Gasteiger partial charge in [-0.15, -0.1) is 0 Å². The quantitative estimate of drug-likeness (QED) is 0.646. The molecule has 0 spiro atoms. The summed E-state index contributed by atoms with van der Waals surface area (Å²) in [5.41, 5.74) is 0.631. The maximum Gasteiger partial charge on any atom is 0.270 e. The van der Waals surface area contributed by atoms with E-state index < -0.39 is 14.9 Å². The molecule has 116 valence electrons. The number of non-ortho nitro benzene ring substituents is 1. The Hall–Kier alpha value is -1.96. The number of hydrogen-bond acceptors (Lipinski definition) is 4. The summed E-state index contributed by atoms with van der Waals surface area (Å²) in [6, 6.07) is 12.0. The van der Waals surface area contributed by atoms with E-state index in [2.05, 4.69) is 4.72 Å². The Morgan fingerprint density at radius 2 is 1.86 bits per heavy atom. The molecular formula is C14H13ClN2O4S. The number of nitro benzene ring substituents is 1. The molecule has 0 bridgehead atoms. The fourth-order valence-corrected chi connectivity index (χ4v) is 3.15. The number of rotatable bonds is 6. The fourth-order valence-electron chi connectivity index (χ4n) is 1.87. The van der Waals surface area contributed by atoms with Crippen LogP contribution < -0.4 is 4.72 Å². The van der Waals surface area contributed by atoms with E-state index in [1.807, 2.05) is 6.07 Å². The van der Waals surface area contributed by atoms with Crippen LogP contribution in [0.1, 0.15) is 5.56 Å². The average Bonchev–Trinajstić information content (AvgIpc) is 2.47. The summed E-state index contributed by atoms with van der Waals surface area (Å²) in [5, 5.41) is 11.3. The molecule has 2 aromatic rings. The molecule has 0 radical (unpaired) electrons. The number of sulfonamides is 1. The van der Waals surface area contributed by atoms with E-state index in [9.17, 15) is 18.5 Å². The van der Waals surface area contributed by atoms with Crippen LogP contribution in [-0.2, 0) is 16.4 Å². The summed E-state index contributed by atoms with van der Waals surface area (Å²) in [6.07, 6.45) is 0.467. The lowest BCUT2D eigenvalue weighted by atomic mass is 10.2. The molecule has 0 heterocycles. The third kappa shape index (κ3) is 4.27. The minimum atomic E-state index is -3.78. The molecule has 0 unspecified atom stereocenters. The Morgan fingerprint density at radius 3 is 2.55 bits per heavy atom. The molecule has 2 rings (SSSR count). The van der Waals surface area contributed by atoms with Crippen LogP contribution in [0.5, 0.6) is 0 Å². The normalized spacial score (nSPS) is 11.3. The van der Waals surface area contributed by atoms with Crippen molar-refractivity contribution in [1.29, 1.82) is 0 Å². The van der Waals surface area contributed by atoms with Gasteiger partial charge in [0, 0.05) is 23.7 Å². The topological polar surface area (TPSA) is 89.3 Å². The van der Waals surface area contributed by atoms with Crippen LogP contribution in [0.15, 0.2) is 53.4 Å². The first-order chi connectivity index (χ1) is 10.4. The summed E-state index contributed by atoms with van der Waals surface area (Å²) in [7, 11) is -3.78. The van der Waals surface area contributed by atoms with Crippen LogP contribution in [0.25, 0.3) is 0 Å². The first-order valence-corrected chi connectivity index (χ1v) is 8.23. The second-order valence-electron chi connectivity index (χ2n) is 4.53. The molecule has 8 heteroatoms. The zero-order valence-corrected chi connectivity index (χ0v) is 13.0. The average molecular weight is 341 g/mol. The SMILES string of the molecule is O=[N+]([O-])c1cccc(S(=O)(=O)NCCc2cccc(Cl)c2)c1. The molecular weight excluding hydrogens is 328 g/mol. The third-order valence-corrected chi connectivity index (χ3v) is 4.63. The molecule has 22 heavy (non-hydrogen) atoms. The van der Waals surface area contributed by atoms with E-state index in [1.54, 1.807) is 18.2 Å². The van der Waals surface area contributed by atoms with Crippen molar-refractivity contribution < 1.29 is 13.3 Å². The molecule has 0 amide bonds. The van der Waals surface area contributed by atoms with E-state index in [0.29, 0.717) is 11.4 Å². The van der Waals surface area contributed by atoms with Crippen molar-refractivity contribution in [3.63, 3.8) is 0 Å². The molecule has 6 nitrogen and oxygen atoms in total. The molecule has 0 saturated carbocycles. The van der Waals surface area contributed by atoms with Crippen molar-refractivity contribution in [3.05, 3.63) is 69.2 Å². The number of hydrogen-bond donors (Lipinski definition) is 1. The monoisotopic (exact) mass is 340 g/mol. The van der Waals surface area contributed by atoms with Crippen molar-refractivity contribution in [2.24, 2.45) is 0 Å². The van der Waals surface area contributed by atoms with E-state index in [1.165, 1.54) is 18.2 Å². The molecule has 0 aliphatic heterocycles. The first kappa shape index (κ1) is 16.4. The van der Waals surface area contributed by atoms with Gasteiger partial charge in [-0.3, -0.25) is 10.1 Å². The van der Waals surface area contributed by atoms with Gasteiger partial charge in [-0.25, -0.2) is 13.1 Å². The van der Waals surface area contributed by atoms with Crippen molar-refractivity contribution in [2.45, 2.75) is 11.3 Å². The molecule has 0 aromatic heterocycles. The summed E-state index contributed by atoms with van der Waals surface area (Å²) in [6.45, 7) is 0.172. The highest BCUT2D eigenvalue weighted by atomic mass is 35.5. The summed E-state index contributed by atoms with van der Waals surface area (Å²) in [4.78, 5) is 9.92. The van der Waals surface area contributed by atoms with Gasteiger partial charge in [0.2, 0.25) is 10.0 Å². The zero-order valence-electron chi connectivity index (χ0n) is 11.4. The van der Waals surface area contributed by atoms with Crippen molar-refractivity contribution in [1.82, 2.24) is 4.72 Å². The van der Waals surface area contributed by atoms with E-state index in [4.69, 9.17) is 11.6 Å². The minimum Gasteiger partial charge on any atom is -0.258 e.